The molecule has 0 rings (SSSR count). The number of phosphoric acid groups is 2. The molecule has 0 aromatic heterocycles. The van der Waals surface area contributed by atoms with E-state index in [0.29, 0.717) is 32.1 Å². The third-order valence-corrected chi connectivity index (χ3v) is 17.7. The van der Waals surface area contributed by atoms with Crippen molar-refractivity contribution in [2.75, 3.05) is 39.6 Å². The van der Waals surface area contributed by atoms with Crippen LogP contribution in [0.15, 0.2) is 109 Å². The summed E-state index contributed by atoms with van der Waals surface area (Å²) in [4.78, 5) is 72.8. The first kappa shape index (κ1) is 93.7. The van der Waals surface area contributed by atoms with Crippen LogP contribution in [-0.4, -0.2) is 96.7 Å². The first-order valence-corrected chi connectivity index (χ1v) is 41.1. The molecule has 0 amide bonds. The van der Waals surface area contributed by atoms with Crippen molar-refractivity contribution < 1.29 is 80.2 Å². The molecule has 564 valence electrons. The molecule has 0 aliphatic carbocycles. The van der Waals surface area contributed by atoms with Crippen LogP contribution < -0.4 is 0 Å². The Labute approximate surface area is 594 Å². The van der Waals surface area contributed by atoms with E-state index >= 15 is 0 Å². The monoisotopic (exact) mass is 1420 g/mol. The van der Waals surface area contributed by atoms with Gasteiger partial charge in [-0.25, -0.2) is 9.13 Å². The molecule has 0 heterocycles. The van der Waals surface area contributed by atoms with Gasteiger partial charge in [0.05, 0.1) is 26.4 Å². The average molecular weight is 1420 g/mol. The van der Waals surface area contributed by atoms with Gasteiger partial charge in [0, 0.05) is 25.7 Å². The van der Waals surface area contributed by atoms with E-state index in [1.54, 1.807) is 0 Å². The van der Waals surface area contributed by atoms with Crippen LogP contribution in [0, 0.1) is 0 Å². The number of carbonyl (C=O) groups excluding carboxylic acids is 4. The summed E-state index contributed by atoms with van der Waals surface area (Å²) in [6.07, 6.45) is 75.2. The highest BCUT2D eigenvalue weighted by Crippen LogP contribution is 2.45. The number of allylic oxidation sites excluding steroid dienone is 18. The molecule has 0 saturated heterocycles. The van der Waals surface area contributed by atoms with E-state index < -0.39 is 97.5 Å². The maximum atomic E-state index is 13.1. The molecule has 0 aromatic carbocycles. The lowest BCUT2D eigenvalue weighted by Crippen LogP contribution is -2.30. The number of unbranched alkanes of at least 4 members (excludes halogenated alkanes) is 27. The van der Waals surface area contributed by atoms with Gasteiger partial charge in [-0.05, 0) is 103 Å². The van der Waals surface area contributed by atoms with Crippen molar-refractivity contribution in [3.63, 3.8) is 0 Å². The van der Waals surface area contributed by atoms with Gasteiger partial charge in [-0.1, -0.05) is 291 Å². The van der Waals surface area contributed by atoms with E-state index in [-0.39, 0.29) is 25.7 Å². The predicted molar refractivity (Wildman–Crippen MR) is 399 cm³/mol. The molecule has 5 unspecified atom stereocenters. The molecule has 5 atom stereocenters. The number of carbonyl (C=O) groups is 4. The van der Waals surface area contributed by atoms with Crippen LogP contribution in [0.25, 0.3) is 0 Å². The van der Waals surface area contributed by atoms with E-state index in [1.807, 2.05) is 12.2 Å². The fourth-order valence-electron chi connectivity index (χ4n) is 10.0. The number of aliphatic hydroxyl groups excluding tert-OH is 1. The maximum Gasteiger partial charge on any atom is 0.472 e. The molecule has 0 bridgehead atoms. The van der Waals surface area contributed by atoms with Crippen LogP contribution in [0.2, 0.25) is 0 Å². The Morgan fingerprint density at radius 2 is 0.541 bits per heavy atom. The van der Waals surface area contributed by atoms with E-state index in [2.05, 4.69) is 125 Å². The number of esters is 4. The number of rotatable bonds is 71. The molecule has 3 N–H and O–H groups in total. The standard InChI is InChI=1S/C79H136O17P2/c1-5-9-13-17-21-25-29-33-35-36-38-42-44-48-52-56-60-64-77(82)90-70-75(96-79(84)66-62-58-54-50-46-40-32-28-24-20-16-12-8-4)72-94-98(87,88)92-68-73(80)67-91-97(85,86)93-71-74(95-78(83)65-61-57-53-49-45-39-31-27-23-19-15-11-7-3)69-89-76(81)63-59-55-51-47-43-41-37-34-30-26-22-18-14-10-6-2/h9-10,13-14,21-22,25-26,33-35,37-38,42-43,47-48,52,73-75,80H,5-8,11-12,15-20,23-24,27-32,36,39-41,44-46,49-51,53-72H2,1-4H3,(H,85,86)(H,87,88)/b13-9-,14-10-,25-21-,26-22-,35-33-,37-34-,42-38-,47-43-,52-48-. The summed E-state index contributed by atoms with van der Waals surface area (Å²) in [7, 11) is -9.97. The van der Waals surface area contributed by atoms with Gasteiger partial charge in [0.25, 0.3) is 0 Å². The van der Waals surface area contributed by atoms with Gasteiger partial charge in [-0.15, -0.1) is 0 Å². The summed E-state index contributed by atoms with van der Waals surface area (Å²) in [5, 5.41) is 10.6. The Hall–Kier alpha value is -4.28. The quantitative estimate of drug-likeness (QED) is 0.0169. The highest BCUT2D eigenvalue weighted by molar-refractivity contribution is 7.47. The van der Waals surface area contributed by atoms with Gasteiger partial charge >= 0.3 is 39.5 Å². The van der Waals surface area contributed by atoms with Crippen LogP contribution in [0.4, 0.5) is 0 Å². The van der Waals surface area contributed by atoms with Gasteiger partial charge in [-0.2, -0.15) is 0 Å². The lowest BCUT2D eigenvalue weighted by atomic mass is 10.0. The van der Waals surface area contributed by atoms with Crippen molar-refractivity contribution >= 4 is 39.5 Å². The van der Waals surface area contributed by atoms with Crippen molar-refractivity contribution in [2.45, 2.75) is 329 Å². The second-order valence-electron chi connectivity index (χ2n) is 25.2. The molecular formula is C79H136O17P2. The predicted octanol–water partition coefficient (Wildman–Crippen LogP) is 21.8. The van der Waals surface area contributed by atoms with Gasteiger partial charge in [-0.3, -0.25) is 37.3 Å². The van der Waals surface area contributed by atoms with E-state index in [9.17, 15) is 43.2 Å². The molecule has 0 saturated carbocycles. The summed E-state index contributed by atoms with van der Waals surface area (Å²) < 4.78 is 68.4. The molecule has 0 aromatic rings. The van der Waals surface area contributed by atoms with Crippen LogP contribution in [0.3, 0.4) is 0 Å². The zero-order valence-electron chi connectivity index (χ0n) is 61.4. The summed E-state index contributed by atoms with van der Waals surface area (Å²) in [6.45, 7) is 4.55. The highest BCUT2D eigenvalue weighted by atomic mass is 31.2. The van der Waals surface area contributed by atoms with Gasteiger partial charge in [0.1, 0.15) is 19.3 Å². The van der Waals surface area contributed by atoms with Crippen LogP contribution >= 0.6 is 15.6 Å². The first-order chi connectivity index (χ1) is 47.7. The van der Waals surface area contributed by atoms with E-state index in [4.69, 9.17) is 37.0 Å². The zero-order valence-corrected chi connectivity index (χ0v) is 63.2. The molecular weight excluding hydrogens is 1280 g/mol. The minimum Gasteiger partial charge on any atom is -0.462 e. The molecule has 98 heavy (non-hydrogen) atoms. The van der Waals surface area contributed by atoms with Crippen molar-refractivity contribution in [1.82, 2.24) is 0 Å². The Morgan fingerprint density at radius 3 is 0.857 bits per heavy atom. The van der Waals surface area contributed by atoms with Crippen LogP contribution in [0.5, 0.6) is 0 Å². The maximum absolute atomic E-state index is 13.1. The van der Waals surface area contributed by atoms with Crippen LogP contribution in [-0.2, 0) is 65.4 Å². The number of ether oxygens (including phenoxy) is 4. The Kier molecular flexibility index (Phi) is 68.0. The number of hydrogen-bond acceptors (Lipinski definition) is 15. The third-order valence-electron chi connectivity index (χ3n) is 15.8. The third kappa shape index (κ3) is 70.2. The highest BCUT2D eigenvalue weighted by Gasteiger charge is 2.30. The normalized spacial score (nSPS) is 14.6. The van der Waals surface area contributed by atoms with E-state index in [1.165, 1.54) is 103 Å². The lowest BCUT2D eigenvalue weighted by molar-refractivity contribution is -0.161. The fourth-order valence-corrected chi connectivity index (χ4v) is 11.6. The van der Waals surface area contributed by atoms with Gasteiger partial charge in [0.15, 0.2) is 12.2 Å². The molecule has 0 aliphatic rings. The fraction of sp³-hybridized carbons (Fsp3) is 0.722. The Morgan fingerprint density at radius 1 is 0.296 bits per heavy atom. The summed E-state index contributed by atoms with van der Waals surface area (Å²) in [5.41, 5.74) is 0. The first-order valence-electron chi connectivity index (χ1n) is 38.1. The molecule has 0 radical (unpaired) electrons. The molecule has 0 spiro atoms. The topological polar surface area (TPSA) is 237 Å². The Bertz CT molecular complexity index is 2290. The minimum atomic E-state index is -4.99. The lowest BCUT2D eigenvalue weighted by Gasteiger charge is -2.21. The zero-order chi connectivity index (χ0) is 71.8. The van der Waals surface area contributed by atoms with Crippen molar-refractivity contribution in [2.24, 2.45) is 0 Å². The second kappa shape index (κ2) is 71.1. The van der Waals surface area contributed by atoms with Gasteiger partial charge < -0.3 is 33.8 Å². The number of phosphoric ester groups is 2. The average Bonchev–Trinajstić information content (AvgIpc) is 0.969. The number of aliphatic hydroxyl groups is 1. The minimum absolute atomic E-state index is 0.0835. The van der Waals surface area contributed by atoms with Crippen molar-refractivity contribution in [3.05, 3.63) is 109 Å². The second-order valence-corrected chi connectivity index (χ2v) is 28.1. The summed E-state index contributed by atoms with van der Waals surface area (Å²) in [6, 6.07) is 0. The summed E-state index contributed by atoms with van der Waals surface area (Å²) in [5.74, 6) is -2.28. The largest absolute Gasteiger partial charge is 0.472 e. The van der Waals surface area contributed by atoms with Gasteiger partial charge in [0.2, 0.25) is 0 Å². The molecule has 17 nitrogen and oxygen atoms in total. The molecule has 19 heteroatoms. The number of hydrogen-bond donors (Lipinski definition) is 3. The van der Waals surface area contributed by atoms with Crippen molar-refractivity contribution in [3.8, 4) is 0 Å². The van der Waals surface area contributed by atoms with Crippen molar-refractivity contribution in [1.29, 1.82) is 0 Å². The molecule has 0 aliphatic heterocycles. The summed E-state index contributed by atoms with van der Waals surface area (Å²) >= 11 is 0. The van der Waals surface area contributed by atoms with Crippen LogP contribution in [0.1, 0.15) is 310 Å². The smallest absolute Gasteiger partial charge is 0.462 e. The SMILES string of the molecule is CC/C=C\C/C=C\C/C=C\C/C=C\C/C=C\CCCC(=O)OCC(COP(=O)(O)OCC(O)COP(=O)(O)OCC(COC(=O)CCCC/C=C\C/C=C\C/C=C\C/C=C\CC)OC(=O)CCCCCCCCCCCCCCC)OC(=O)CCCCCCCCCCCCCCC. The molecule has 0 fully saturated rings. The Balaban J connectivity index is 5.40. The van der Waals surface area contributed by atoms with E-state index in [0.717, 1.165) is 122 Å².